The van der Waals surface area contributed by atoms with Gasteiger partial charge >= 0.3 is 0 Å². The van der Waals surface area contributed by atoms with Gasteiger partial charge in [0.05, 0.1) is 11.3 Å². The zero-order valence-electron chi connectivity index (χ0n) is 11.1. The van der Waals surface area contributed by atoms with Gasteiger partial charge in [0.1, 0.15) is 11.5 Å². The van der Waals surface area contributed by atoms with Crippen LogP contribution in [0.15, 0.2) is 35.5 Å². The van der Waals surface area contributed by atoms with Crippen LogP contribution in [0.4, 0.5) is 0 Å². The number of aryl methyl sites for hydroxylation is 2. The van der Waals surface area contributed by atoms with E-state index in [1.807, 2.05) is 6.92 Å². The summed E-state index contributed by atoms with van der Waals surface area (Å²) in [6, 6.07) is 8.71. The minimum atomic E-state index is -0.0490. The third-order valence-electron chi connectivity index (χ3n) is 2.68. The third-order valence-corrected chi connectivity index (χ3v) is 2.92. The molecular formula is C14H14ClN3O2. The predicted molar refractivity (Wildman–Crippen MR) is 77.7 cm³/mol. The van der Waals surface area contributed by atoms with Crippen LogP contribution in [0, 0.1) is 13.8 Å². The number of hydrogen-bond acceptors (Lipinski definition) is 4. The molecule has 0 aliphatic carbocycles. The molecule has 20 heavy (non-hydrogen) atoms. The zero-order valence-corrected chi connectivity index (χ0v) is 11.8. The highest BCUT2D eigenvalue weighted by atomic mass is 35.5. The normalized spacial score (nSPS) is 11.4. The largest absolute Gasteiger partial charge is 0.456 e. The molecule has 104 valence electrons. The molecule has 0 radical (unpaired) electrons. The van der Waals surface area contributed by atoms with Gasteiger partial charge < -0.3 is 15.7 Å². The standard InChI is InChI=1S/C14H14ClN3O2/c1-8-6-12(13(9(2)17-8)14(16)18-19)20-11-5-3-4-10(15)7-11/h3-7,19H,1-2H3,(H2,16,18). The van der Waals surface area contributed by atoms with Crippen molar-refractivity contribution >= 4 is 17.4 Å². The van der Waals surface area contributed by atoms with E-state index in [1.165, 1.54) is 0 Å². The van der Waals surface area contributed by atoms with E-state index in [-0.39, 0.29) is 5.84 Å². The zero-order chi connectivity index (χ0) is 14.7. The van der Waals surface area contributed by atoms with E-state index in [1.54, 1.807) is 37.3 Å². The van der Waals surface area contributed by atoms with E-state index < -0.39 is 0 Å². The summed E-state index contributed by atoms with van der Waals surface area (Å²) in [5.41, 5.74) is 7.53. The van der Waals surface area contributed by atoms with Crippen molar-refractivity contribution in [2.24, 2.45) is 10.9 Å². The van der Waals surface area contributed by atoms with Gasteiger partial charge in [0, 0.05) is 16.8 Å². The molecule has 3 N–H and O–H groups in total. The summed E-state index contributed by atoms with van der Waals surface area (Å²) < 4.78 is 5.78. The van der Waals surface area contributed by atoms with Crippen LogP contribution in [0.25, 0.3) is 0 Å². The first kappa shape index (κ1) is 14.1. The molecule has 0 bridgehead atoms. The van der Waals surface area contributed by atoms with E-state index in [9.17, 15) is 0 Å². The van der Waals surface area contributed by atoms with Crippen LogP contribution in [0.5, 0.6) is 11.5 Å². The van der Waals surface area contributed by atoms with Crippen molar-refractivity contribution in [3.05, 3.63) is 52.3 Å². The van der Waals surface area contributed by atoms with Gasteiger partial charge in [0.2, 0.25) is 0 Å². The van der Waals surface area contributed by atoms with Crippen LogP contribution >= 0.6 is 11.6 Å². The minimum Gasteiger partial charge on any atom is -0.456 e. The maximum atomic E-state index is 8.88. The number of benzene rings is 1. The number of oxime groups is 1. The summed E-state index contributed by atoms with van der Waals surface area (Å²) in [6.45, 7) is 3.61. The Morgan fingerprint density at radius 1 is 1.35 bits per heavy atom. The number of amidine groups is 1. The summed E-state index contributed by atoms with van der Waals surface area (Å²) >= 11 is 5.92. The van der Waals surface area contributed by atoms with E-state index in [0.29, 0.717) is 27.8 Å². The summed E-state index contributed by atoms with van der Waals surface area (Å²) in [4.78, 5) is 4.28. The Kier molecular flexibility index (Phi) is 4.10. The van der Waals surface area contributed by atoms with Crippen LogP contribution in [0.3, 0.4) is 0 Å². The third kappa shape index (κ3) is 3.00. The molecule has 0 saturated carbocycles. The van der Waals surface area contributed by atoms with Gasteiger partial charge in [-0.3, -0.25) is 4.98 Å². The molecule has 2 rings (SSSR count). The molecule has 0 aliphatic rings. The number of rotatable bonds is 3. The number of halogens is 1. The van der Waals surface area contributed by atoms with Crippen molar-refractivity contribution in [2.75, 3.05) is 0 Å². The monoisotopic (exact) mass is 291 g/mol. The van der Waals surface area contributed by atoms with E-state index in [4.69, 9.17) is 27.3 Å². The average Bonchev–Trinajstić information content (AvgIpc) is 2.37. The highest BCUT2D eigenvalue weighted by Crippen LogP contribution is 2.29. The Bertz CT molecular complexity index is 671. The quantitative estimate of drug-likeness (QED) is 0.394. The van der Waals surface area contributed by atoms with Gasteiger partial charge in [-0.1, -0.05) is 22.8 Å². The van der Waals surface area contributed by atoms with E-state index >= 15 is 0 Å². The molecule has 0 unspecified atom stereocenters. The van der Waals surface area contributed by atoms with Crippen molar-refractivity contribution in [3.63, 3.8) is 0 Å². The lowest BCUT2D eigenvalue weighted by molar-refractivity contribution is 0.318. The lowest BCUT2D eigenvalue weighted by Gasteiger charge is -2.13. The minimum absolute atomic E-state index is 0.0490. The van der Waals surface area contributed by atoms with Crippen molar-refractivity contribution in [2.45, 2.75) is 13.8 Å². The summed E-state index contributed by atoms with van der Waals surface area (Å²) in [5, 5.41) is 12.5. The Labute approximate surface area is 121 Å². The van der Waals surface area contributed by atoms with Gasteiger partial charge in [-0.15, -0.1) is 0 Å². The number of nitrogens with zero attached hydrogens (tertiary/aromatic N) is 2. The first-order chi connectivity index (χ1) is 9.51. The first-order valence-electron chi connectivity index (χ1n) is 5.91. The smallest absolute Gasteiger partial charge is 0.175 e. The number of ether oxygens (including phenoxy) is 1. The summed E-state index contributed by atoms with van der Waals surface area (Å²) in [5.74, 6) is 0.981. The molecule has 0 spiro atoms. The van der Waals surface area contributed by atoms with Crippen LogP contribution in [-0.2, 0) is 0 Å². The second-order valence-corrected chi connectivity index (χ2v) is 4.70. The second kappa shape index (κ2) is 5.79. The fourth-order valence-corrected chi connectivity index (χ4v) is 2.07. The molecular weight excluding hydrogens is 278 g/mol. The molecule has 5 nitrogen and oxygen atoms in total. The van der Waals surface area contributed by atoms with Gasteiger partial charge in [0.25, 0.3) is 0 Å². The number of nitrogens with two attached hydrogens (primary N) is 1. The molecule has 0 amide bonds. The molecule has 6 heteroatoms. The summed E-state index contributed by atoms with van der Waals surface area (Å²) in [7, 11) is 0. The predicted octanol–water partition coefficient (Wildman–Crippen LogP) is 3.24. The van der Waals surface area contributed by atoms with Crippen LogP contribution in [0.1, 0.15) is 17.0 Å². The Balaban J connectivity index is 2.50. The van der Waals surface area contributed by atoms with Gasteiger partial charge in [-0.25, -0.2) is 0 Å². The van der Waals surface area contributed by atoms with Gasteiger partial charge in [0.15, 0.2) is 5.84 Å². The lowest BCUT2D eigenvalue weighted by atomic mass is 10.1. The van der Waals surface area contributed by atoms with Crippen LogP contribution < -0.4 is 10.5 Å². The Morgan fingerprint density at radius 2 is 2.10 bits per heavy atom. The maximum absolute atomic E-state index is 8.88. The van der Waals surface area contributed by atoms with Crippen molar-refractivity contribution in [1.29, 1.82) is 0 Å². The Hall–Kier alpha value is -2.27. The van der Waals surface area contributed by atoms with Crippen LogP contribution in [-0.4, -0.2) is 16.0 Å². The molecule has 0 saturated heterocycles. The fraction of sp³-hybridized carbons (Fsp3) is 0.143. The van der Waals surface area contributed by atoms with Gasteiger partial charge in [-0.05, 0) is 32.0 Å². The second-order valence-electron chi connectivity index (χ2n) is 4.27. The topological polar surface area (TPSA) is 80.7 Å². The lowest BCUT2D eigenvalue weighted by Crippen LogP contribution is -2.17. The van der Waals surface area contributed by atoms with E-state index in [2.05, 4.69) is 10.1 Å². The molecule has 1 aromatic heterocycles. The number of pyridine rings is 1. The first-order valence-corrected chi connectivity index (χ1v) is 6.28. The van der Waals surface area contributed by atoms with E-state index in [0.717, 1.165) is 5.69 Å². The SMILES string of the molecule is Cc1cc(Oc2cccc(Cl)c2)c(/C(N)=N/O)c(C)n1. The average molecular weight is 292 g/mol. The maximum Gasteiger partial charge on any atom is 0.175 e. The highest BCUT2D eigenvalue weighted by Gasteiger charge is 2.15. The van der Waals surface area contributed by atoms with Crippen molar-refractivity contribution in [1.82, 2.24) is 4.98 Å². The van der Waals surface area contributed by atoms with Crippen molar-refractivity contribution in [3.8, 4) is 11.5 Å². The Morgan fingerprint density at radius 3 is 2.75 bits per heavy atom. The molecule has 1 heterocycles. The highest BCUT2D eigenvalue weighted by molar-refractivity contribution is 6.30. The molecule has 0 aliphatic heterocycles. The molecule has 0 fully saturated rings. The molecule has 2 aromatic rings. The summed E-state index contributed by atoms with van der Waals surface area (Å²) in [6.07, 6.45) is 0. The number of hydrogen-bond donors (Lipinski definition) is 2. The molecule has 1 aromatic carbocycles. The van der Waals surface area contributed by atoms with Crippen LogP contribution in [0.2, 0.25) is 5.02 Å². The van der Waals surface area contributed by atoms with Crippen molar-refractivity contribution < 1.29 is 9.94 Å². The number of aromatic nitrogens is 1. The fourth-order valence-electron chi connectivity index (χ4n) is 1.89. The van der Waals surface area contributed by atoms with Gasteiger partial charge in [-0.2, -0.15) is 0 Å². The molecule has 0 atom stereocenters.